The summed E-state index contributed by atoms with van der Waals surface area (Å²) >= 11 is 3.00. The van der Waals surface area contributed by atoms with E-state index in [0.717, 1.165) is 16.4 Å². The SMILES string of the molecule is CSC[C@@H]1Nc2sc(C(C)=O)cc2NC1=O. The molecule has 1 aromatic rings. The number of thioether (sulfide) groups is 1. The van der Waals surface area contributed by atoms with Crippen molar-refractivity contribution in [2.75, 3.05) is 22.6 Å². The van der Waals surface area contributed by atoms with Crippen LogP contribution in [0.25, 0.3) is 0 Å². The van der Waals surface area contributed by atoms with Crippen molar-refractivity contribution in [1.82, 2.24) is 0 Å². The lowest BCUT2D eigenvalue weighted by Gasteiger charge is -2.23. The molecular formula is C10H12N2O2S2. The Balaban J connectivity index is 2.25. The van der Waals surface area contributed by atoms with Crippen LogP contribution in [0.15, 0.2) is 6.07 Å². The van der Waals surface area contributed by atoms with E-state index < -0.39 is 0 Å². The van der Waals surface area contributed by atoms with Gasteiger partial charge in [0.1, 0.15) is 11.0 Å². The second-order valence-corrected chi connectivity index (χ2v) is 5.51. The first kappa shape index (κ1) is 11.5. The van der Waals surface area contributed by atoms with Gasteiger partial charge in [0.15, 0.2) is 5.78 Å². The number of hydrogen-bond donors (Lipinski definition) is 2. The fourth-order valence-corrected chi connectivity index (χ4v) is 3.02. The monoisotopic (exact) mass is 256 g/mol. The normalized spacial score (nSPS) is 18.6. The van der Waals surface area contributed by atoms with Crippen molar-refractivity contribution < 1.29 is 9.59 Å². The molecule has 0 aromatic carbocycles. The van der Waals surface area contributed by atoms with Crippen molar-refractivity contribution in [1.29, 1.82) is 0 Å². The summed E-state index contributed by atoms with van der Waals surface area (Å²) < 4.78 is 0. The molecule has 0 saturated heterocycles. The van der Waals surface area contributed by atoms with Crippen molar-refractivity contribution in [2.24, 2.45) is 0 Å². The minimum atomic E-state index is -0.207. The van der Waals surface area contributed by atoms with Gasteiger partial charge in [-0.1, -0.05) is 0 Å². The summed E-state index contributed by atoms with van der Waals surface area (Å²) in [6.45, 7) is 1.53. The summed E-state index contributed by atoms with van der Waals surface area (Å²) in [6, 6.07) is 1.52. The van der Waals surface area contributed by atoms with Crippen LogP contribution in [-0.4, -0.2) is 29.7 Å². The Hall–Kier alpha value is -1.01. The Bertz CT molecular complexity index is 442. The van der Waals surface area contributed by atoms with Crippen LogP contribution in [-0.2, 0) is 4.79 Å². The summed E-state index contributed by atoms with van der Waals surface area (Å²) in [5.74, 6) is 0.713. The number of rotatable bonds is 3. The van der Waals surface area contributed by atoms with Gasteiger partial charge in [0.05, 0.1) is 10.6 Å². The molecule has 1 aromatic heterocycles. The van der Waals surface area contributed by atoms with Gasteiger partial charge in [0.25, 0.3) is 0 Å². The number of carbonyl (C=O) groups is 2. The van der Waals surface area contributed by atoms with E-state index in [4.69, 9.17) is 0 Å². The van der Waals surface area contributed by atoms with Crippen molar-refractivity contribution in [3.05, 3.63) is 10.9 Å². The minimum Gasteiger partial charge on any atom is -0.363 e. The molecule has 2 rings (SSSR count). The maximum absolute atomic E-state index is 11.7. The van der Waals surface area contributed by atoms with E-state index in [1.54, 1.807) is 17.8 Å². The molecule has 0 radical (unpaired) electrons. The predicted molar refractivity (Wildman–Crippen MR) is 68.7 cm³/mol. The first-order valence-corrected chi connectivity index (χ1v) is 7.04. The van der Waals surface area contributed by atoms with Crippen LogP contribution in [0, 0.1) is 0 Å². The van der Waals surface area contributed by atoms with Crippen molar-refractivity contribution in [3.8, 4) is 0 Å². The van der Waals surface area contributed by atoms with Crippen molar-refractivity contribution in [2.45, 2.75) is 13.0 Å². The number of nitrogens with one attached hydrogen (secondary N) is 2. The molecule has 0 bridgehead atoms. The third kappa shape index (κ3) is 2.08. The van der Waals surface area contributed by atoms with Crippen LogP contribution in [0.3, 0.4) is 0 Å². The second kappa shape index (κ2) is 4.47. The number of ketones is 1. The summed E-state index contributed by atoms with van der Waals surface area (Å²) in [6.07, 6.45) is 1.96. The maximum atomic E-state index is 11.7. The zero-order valence-corrected chi connectivity index (χ0v) is 10.6. The highest BCUT2D eigenvalue weighted by Crippen LogP contribution is 2.36. The predicted octanol–water partition coefficient (Wildman–Crippen LogP) is 2.05. The van der Waals surface area contributed by atoms with Crippen molar-refractivity contribution >= 4 is 45.5 Å². The molecule has 1 aliphatic rings. The highest BCUT2D eigenvalue weighted by atomic mass is 32.2. The molecule has 4 nitrogen and oxygen atoms in total. The van der Waals surface area contributed by atoms with Gasteiger partial charge in [0, 0.05) is 5.75 Å². The number of carbonyl (C=O) groups excluding carboxylic acids is 2. The van der Waals surface area contributed by atoms with E-state index in [9.17, 15) is 9.59 Å². The molecule has 16 heavy (non-hydrogen) atoms. The molecule has 1 aliphatic heterocycles. The fraction of sp³-hybridized carbons (Fsp3) is 0.400. The minimum absolute atomic E-state index is 0.0249. The standard InChI is InChI=1S/C10H12N2O2S2/c1-5(13)8-3-6-10(16-8)12-7(4-15-2)9(14)11-6/h3,7,12H,4H2,1-2H3,(H,11,14)/t7-/m0/s1. The number of amides is 1. The molecule has 1 amide bonds. The summed E-state index contributed by atoms with van der Waals surface area (Å²) in [5.41, 5.74) is 0.720. The molecular weight excluding hydrogens is 244 g/mol. The van der Waals surface area contributed by atoms with Crippen LogP contribution in [0.1, 0.15) is 16.6 Å². The molecule has 2 N–H and O–H groups in total. The largest absolute Gasteiger partial charge is 0.363 e. The van der Waals surface area contributed by atoms with Crippen LogP contribution in [0.2, 0.25) is 0 Å². The molecule has 86 valence electrons. The molecule has 1 atom stereocenters. The maximum Gasteiger partial charge on any atom is 0.247 e. The van der Waals surface area contributed by atoms with Gasteiger partial charge in [-0.3, -0.25) is 9.59 Å². The first-order chi connectivity index (χ1) is 7.61. The van der Waals surface area contributed by atoms with E-state index in [0.29, 0.717) is 4.88 Å². The van der Waals surface area contributed by atoms with Crippen LogP contribution >= 0.6 is 23.1 Å². The van der Waals surface area contributed by atoms with Gasteiger partial charge < -0.3 is 10.6 Å². The van der Waals surface area contributed by atoms with E-state index in [1.807, 2.05) is 6.26 Å². The smallest absolute Gasteiger partial charge is 0.247 e. The van der Waals surface area contributed by atoms with Gasteiger partial charge in [-0.2, -0.15) is 11.8 Å². The van der Waals surface area contributed by atoms with Gasteiger partial charge in [-0.05, 0) is 19.2 Å². The Morgan fingerprint density at radius 3 is 3.00 bits per heavy atom. The molecule has 0 fully saturated rings. The topological polar surface area (TPSA) is 58.2 Å². The Morgan fingerprint density at radius 1 is 1.62 bits per heavy atom. The molecule has 0 aliphatic carbocycles. The van der Waals surface area contributed by atoms with E-state index in [-0.39, 0.29) is 17.7 Å². The Kier molecular flexibility index (Phi) is 3.20. The average molecular weight is 256 g/mol. The quantitative estimate of drug-likeness (QED) is 0.813. The number of Topliss-reactive ketones (excluding diaryl/α,β-unsaturated/α-hetero) is 1. The highest BCUT2D eigenvalue weighted by Gasteiger charge is 2.27. The summed E-state index contributed by atoms with van der Waals surface area (Å²) in [7, 11) is 0. The van der Waals surface area contributed by atoms with E-state index >= 15 is 0 Å². The van der Waals surface area contributed by atoms with Gasteiger partial charge in [-0.15, -0.1) is 11.3 Å². The number of thiophene rings is 1. The van der Waals surface area contributed by atoms with Crippen LogP contribution < -0.4 is 10.6 Å². The molecule has 6 heteroatoms. The summed E-state index contributed by atoms with van der Waals surface area (Å²) in [4.78, 5) is 23.5. The molecule has 0 unspecified atom stereocenters. The average Bonchev–Trinajstić information content (AvgIpc) is 2.61. The molecule has 0 spiro atoms. The lowest BCUT2D eigenvalue weighted by atomic mass is 10.2. The lowest BCUT2D eigenvalue weighted by molar-refractivity contribution is -0.116. The fourth-order valence-electron chi connectivity index (χ4n) is 1.49. The van der Waals surface area contributed by atoms with Gasteiger partial charge in [-0.25, -0.2) is 0 Å². The van der Waals surface area contributed by atoms with Crippen molar-refractivity contribution in [3.63, 3.8) is 0 Å². The van der Waals surface area contributed by atoms with Crippen LogP contribution in [0.5, 0.6) is 0 Å². The Morgan fingerprint density at radius 2 is 2.38 bits per heavy atom. The number of hydrogen-bond acceptors (Lipinski definition) is 5. The van der Waals surface area contributed by atoms with E-state index in [1.165, 1.54) is 18.3 Å². The zero-order chi connectivity index (χ0) is 11.7. The summed E-state index contributed by atoms with van der Waals surface area (Å²) in [5, 5.41) is 6.85. The Labute approximate surface area is 102 Å². The number of fused-ring (bicyclic) bond motifs is 1. The first-order valence-electron chi connectivity index (χ1n) is 4.83. The molecule has 2 heterocycles. The highest BCUT2D eigenvalue weighted by molar-refractivity contribution is 7.98. The molecule has 0 saturated carbocycles. The zero-order valence-electron chi connectivity index (χ0n) is 8.99. The third-order valence-corrected chi connectivity index (χ3v) is 4.13. The lowest BCUT2D eigenvalue weighted by Crippen LogP contribution is -2.39. The van der Waals surface area contributed by atoms with Gasteiger partial charge >= 0.3 is 0 Å². The third-order valence-electron chi connectivity index (χ3n) is 2.29. The van der Waals surface area contributed by atoms with E-state index in [2.05, 4.69) is 10.6 Å². The number of anilines is 2. The van der Waals surface area contributed by atoms with Crippen LogP contribution in [0.4, 0.5) is 10.7 Å². The second-order valence-electron chi connectivity index (χ2n) is 3.55. The van der Waals surface area contributed by atoms with Gasteiger partial charge in [0.2, 0.25) is 5.91 Å².